The van der Waals surface area contributed by atoms with Crippen LogP contribution in [0.1, 0.15) is 27.2 Å². The van der Waals surface area contributed by atoms with E-state index in [0.717, 1.165) is 0 Å². The SMILES string of the molecule is CCC(=O)Nc1ccc(NC(=O)C(C)(C)Oc2ccc(Cl)cc2)cc1. The maximum absolute atomic E-state index is 12.5. The average Bonchev–Trinajstić information content (AvgIpc) is 2.58. The second-order valence-corrected chi connectivity index (χ2v) is 6.44. The molecular formula is C19H21ClN2O3. The Morgan fingerprint density at radius 2 is 1.48 bits per heavy atom. The molecule has 2 aromatic rings. The molecule has 0 aliphatic rings. The third-order valence-electron chi connectivity index (χ3n) is 3.48. The fourth-order valence-corrected chi connectivity index (χ4v) is 2.14. The van der Waals surface area contributed by atoms with Crippen molar-refractivity contribution in [2.45, 2.75) is 32.8 Å². The molecule has 5 nitrogen and oxygen atoms in total. The number of hydrogen-bond donors (Lipinski definition) is 2. The van der Waals surface area contributed by atoms with E-state index in [0.29, 0.717) is 28.6 Å². The van der Waals surface area contributed by atoms with E-state index >= 15 is 0 Å². The number of halogens is 1. The van der Waals surface area contributed by atoms with Gasteiger partial charge < -0.3 is 15.4 Å². The van der Waals surface area contributed by atoms with Gasteiger partial charge in [-0.05, 0) is 62.4 Å². The molecule has 2 rings (SSSR count). The second-order valence-electron chi connectivity index (χ2n) is 6.00. The quantitative estimate of drug-likeness (QED) is 0.797. The van der Waals surface area contributed by atoms with Gasteiger partial charge in [-0.25, -0.2) is 0 Å². The molecule has 0 atom stereocenters. The summed E-state index contributed by atoms with van der Waals surface area (Å²) < 4.78 is 5.75. The predicted molar refractivity (Wildman–Crippen MR) is 100 cm³/mol. The molecule has 2 amide bonds. The highest BCUT2D eigenvalue weighted by Gasteiger charge is 2.30. The Balaban J connectivity index is 1.99. The third-order valence-corrected chi connectivity index (χ3v) is 3.73. The summed E-state index contributed by atoms with van der Waals surface area (Å²) in [5.41, 5.74) is 0.233. The lowest BCUT2D eigenvalue weighted by Crippen LogP contribution is -2.42. The lowest BCUT2D eigenvalue weighted by Gasteiger charge is -2.25. The van der Waals surface area contributed by atoms with Crippen molar-refractivity contribution < 1.29 is 14.3 Å². The van der Waals surface area contributed by atoms with Crippen LogP contribution in [-0.2, 0) is 9.59 Å². The Hall–Kier alpha value is -2.53. The standard InChI is InChI=1S/C19H21ClN2O3/c1-4-17(23)21-14-7-9-15(10-8-14)22-18(24)19(2,3)25-16-11-5-13(20)6-12-16/h5-12H,4H2,1-3H3,(H,21,23)(H,22,24). The van der Waals surface area contributed by atoms with Gasteiger partial charge in [-0.15, -0.1) is 0 Å². The van der Waals surface area contributed by atoms with Crippen LogP contribution in [0, 0.1) is 0 Å². The summed E-state index contributed by atoms with van der Waals surface area (Å²) in [4.78, 5) is 23.8. The fraction of sp³-hybridized carbons (Fsp3) is 0.263. The van der Waals surface area contributed by atoms with Gasteiger partial charge in [0.2, 0.25) is 5.91 Å². The van der Waals surface area contributed by atoms with Gasteiger partial charge in [-0.3, -0.25) is 9.59 Å². The van der Waals surface area contributed by atoms with Crippen LogP contribution >= 0.6 is 11.6 Å². The van der Waals surface area contributed by atoms with Crippen molar-refractivity contribution >= 4 is 34.8 Å². The predicted octanol–water partition coefficient (Wildman–Crippen LogP) is 4.48. The van der Waals surface area contributed by atoms with Crippen LogP contribution in [0.4, 0.5) is 11.4 Å². The molecule has 0 aromatic heterocycles. The molecule has 2 N–H and O–H groups in total. The topological polar surface area (TPSA) is 67.4 Å². The summed E-state index contributed by atoms with van der Waals surface area (Å²) in [7, 11) is 0. The maximum Gasteiger partial charge on any atom is 0.267 e. The summed E-state index contributed by atoms with van der Waals surface area (Å²) in [5, 5.41) is 6.16. The molecule has 0 radical (unpaired) electrons. The van der Waals surface area contributed by atoms with Gasteiger partial charge in [0.1, 0.15) is 5.75 Å². The molecule has 0 aliphatic heterocycles. The van der Waals surface area contributed by atoms with Crippen molar-refractivity contribution in [1.82, 2.24) is 0 Å². The van der Waals surface area contributed by atoms with Crippen LogP contribution in [0.5, 0.6) is 5.75 Å². The Morgan fingerprint density at radius 1 is 0.960 bits per heavy atom. The van der Waals surface area contributed by atoms with E-state index in [4.69, 9.17) is 16.3 Å². The summed E-state index contributed by atoms with van der Waals surface area (Å²) in [6, 6.07) is 13.7. The van der Waals surface area contributed by atoms with E-state index in [1.807, 2.05) is 0 Å². The zero-order valence-electron chi connectivity index (χ0n) is 14.4. The summed E-state index contributed by atoms with van der Waals surface area (Å²) in [5.74, 6) is 0.212. The molecule has 0 unspecified atom stereocenters. The lowest BCUT2D eigenvalue weighted by molar-refractivity contribution is -0.128. The van der Waals surface area contributed by atoms with Crippen LogP contribution in [0.15, 0.2) is 48.5 Å². The lowest BCUT2D eigenvalue weighted by atomic mass is 10.1. The number of amides is 2. The number of nitrogens with one attached hydrogen (secondary N) is 2. The first-order chi connectivity index (χ1) is 11.8. The monoisotopic (exact) mass is 360 g/mol. The van der Waals surface area contributed by atoms with Crippen LogP contribution < -0.4 is 15.4 Å². The van der Waals surface area contributed by atoms with Gasteiger partial charge in [0, 0.05) is 22.8 Å². The van der Waals surface area contributed by atoms with Crippen molar-refractivity contribution in [1.29, 1.82) is 0 Å². The highest BCUT2D eigenvalue weighted by molar-refractivity contribution is 6.30. The van der Waals surface area contributed by atoms with Crippen LogP contribution in [0.3, 0.4) is 0 Å². The molecule has 0 bridgehead atoms. The minimum atomic E-state index is -1.07. The Kier molecular flexibility index (Phi) is 6.04. The van der Waals surface area contributed by atoms with Crippen molar-refractivity contribution in [3.8, 4) is 5.75 Å². The van der Waals surface area contributed by atoms with Gasteiger partial charge in [0.25, 0.3) is 5.91 Å². The van der Waals surface area contributed by atoms with E-state index < -0.39 is 5.60 Å². The highest BCUT2D eigenvalue weighted by atomic mass is 35.5. The normalized spacial score (nSPS) is 10.9. The van der Waals surface area contributed by atoms with Gasteiger partial charge >= 0.3 is 0 Å². The Labute approximate surface area is 152 Å². The number of carbonyl (C=O) groups excluding carboxylic acids is 2. The van der Waals surface area contributed by atoms with Gasteiger partial charge in [-0.2, -0.15) is 0 Å². The van der Waals surface area contributed by atoms with Crippen LogP contribution in [0.25, 0.3) is 0 Å². The third kappa shape index (κ3) is 5.50. The van der Waals surface area contributed by atoms with Gasteiger partial charge in [-0.1, -0.05) is 18.5 Å². The highest BCUT2D eigenvalue weighted by Crippen LogP contribution is 2.22. The molecular weight excluding hydrogens is 340 g/mol. The maximum atomic E-state index is 12.5. The van der Waals surface area contributed by atoms with Crippen LogP contribution in [-0.4, -0.2) is 17.4 Å². The molecule has 0 heterocycles. The van der Waals surface area contributed by atoms with Gasteiger partial charge in [0.05, 0.1) is 0 Å². The van der Waals surface area contributed by atoms with Gasteiger partial charge in [0.15, 0.2) is 5.60 Å². The number of carbonyl (C=O) groups is 2. The number of rotatable bonds is 6. The molecule has 0 fully saturated rings. The first-order valence-electron chi connectivity index (χ1n) is 7.96. The zero-order valence-corrected chi connectivity index (χ0v) is 15.2. The van der Waals surface area contributed by atoms with Crippen molar-refractivity contribution in [2.24, 2.45) is 0 Å². The number of ether oxygens (including phenoxy) is 1. The van der Waals surface area contributed by atoms with E-state index in [2.05, 4.69) is 10.6 Å². The Morgan fingerprint density at radius 3 is 2.00 bits per heavy atom. The number of benzene rings is 2. The molecule has 0 aliphatic carbocycles. The van der Waals surface area contributed by atoms with Crippen molar-refractivity contribution in [3.05, 3.63) is 53.6 Å². The van der Waals surface area contributed by atoms with E-state index in [1.54, 1.807) is 69.3 Å². The van der Waals surface area contributed by atoms with E-state index in [9.17, 15) is 9.59 Å². The smallest absolute Gasteiger partial charge is 0.267 e. The molecule has 2 aromatic carbocycles. The van der Waals surface area contributed by atoms with E-state index in [-0.39, 0.29) is 11.8 Å². The minimum absolute atomic E-state index is 0.0608. The first-order valence-corrected chi connectivity index (χ1v) is 8.34. The van der Waals surface area contributed by atoms with E-state index in [1.165, 1.54) is 0 Å². The molecule has 25 heavy (non-hydrogen) atoms. The fourth-order valence-electron chi connectivity index (χ4n) is 2.01. The largest absolute Gasteiger partial charge is 0.478 e. The molecule has 0 saturated carbocycles. The second kappa shape index (κ2) is 8.03. The molecule has 0 spiro atoms. The summed E-state index contributed by atoms with van der Waals surface area (Å²) in [6.07, 6.45) is 0.411. The minimum Gasteiger partial charge on any atom is -0.478 e. The Bertz CT molecular complexity index is 740. The van der Waals surface area contributed by atoms with Crippen molar-refractivity contribution in [2.75, 3.05) is 10.6 Å². The molecule has 0 saturated heterocycles. The average molecular weight is 361 g/mol. The number of hydrogen-bond acceptors (Lipinski definition) is 3. The first kappa shape index (κ1) is 18.8. The molecule has 132 valence electrons. The zero-order chi connectivity index (χ0) is 18.4. The number of anilines is 2. The molecule has 6 heteroatoms. The van der Waals surface area contributed by atoms with Crippen LogP contribution in [0.2, 0.25) is 5.02 Å². The van der Waals surface area contributed by atoms with Crippen molar-refractivity contribution in [3.63, 3.8) is 0 Å². The summed E-state index contributed by atoms with van der Waals surface area (Å²) in [6.45, 7) is 5.16. The summed E-state index contributed by atoms with van der Waals surface area (Å²) >= 11 is 5.85.